The summed E-state index contributed by atoms with van der Waals surface area (Å²) in [6.07, 6.45) is 4.91. The maximum Gasteiger partial charge on any atom is 0.305 e. The third-order valence-electron chi connectivity index (χ3n) is 2.57. The first-order valence-electron chi connectivity index (χ1n) is 6.33. The third-order valence-corrected chi connectivity index (χ3v) is 2.86. The minimum Gasteiger partial charge on any atom is -0.469 e. The van der Waals surface area contributed by atoms with Crippen LogP contribution in [-0.4, -0.2) is 24.7 Å². The van der Waals surface area contributed by atoms with E-state index in [0.717, 1.165) is 31.6 Å². The summed E-state index contributed by atoms with van der Waals surface area (Å²) in [7, 11) is 1.41. The quantitative estimate of drug-likeness (QED) is 0.432. The first kappa shape index (κ1) is 15.5. The highest BCUT2D eigenvalue weighted by molar-refractivity contribution is 7.80. The summed E-state index contributed by atoms with van der Waals surface area (Å²) in [5.41, 5.74) is 0. The summed E-state index contributed by atoms with van der Waals surface area (Å²) in [6, 6.07) is 3.73. The van der Waals surface area contributed by atoms with Gasteiger partial charge in [-0.05, 0) is 37.2 Å². The Hall–Kier alpha value is -1.56. The standard InChI is InChI=1S/C13H20N2O3S/c1-17-12(16)7-3-2-4-8-14-13(19)15-10-11-6-5-9-18-11/h5-6,9H,2-4,7-8,10H2,1H3,(H2,14,15,19). The molecule has 19 heavy (non-hydrogen) atoms. The zero-order chi connectivity index (χ0) is 13.9. The summed E-state index contributed by atoms with van der Waals surface area (Å²) in [5.74, 6) is 0.700. The van der Waals surface area contributed by atoms with Gasteiger partial charge in [0.2, 0.25) is 0 Å². The zero-order valence-electron chi connectivity index (χ0n) is 11.1. The molecule has 0 aliphatic rings. The lowest BCUT2D eigenvalue weighted by atomic mass is 10.2. The van der Waals surface area contributed by atoms with E-state index in [9.17, 15) is 4.79 Å². The molecule has 1 rings (SSSR count). The van der Waals surface area contributed by atoms with Gasteiger partial charge in [0.15, 0.2) is 5.11 Å². The van der Waals surface area contributed by atoms with Crippen LogP contribution in [0, 0.1) is 0 Å². The van der Waals surface area contributed by atoms with E-state index in [1.54, 1.807) is 6.26 Å². The molecule has 0 aliphatic carbocycles. The number of esters is 1. The van der Waals surface area contributed by atoms with Gasteiger partial charge in [0.25, 0.3) is 0 Å². The Morgan fingerprint density at radius 1 is 1.37 bits per heavy atom. The molecule has 0 fully saturated rings. The van der Waals surface area contributed by atoms with Gasteiger partial charge in [0.05, 0.1) is 19.9 Å². The molecule has 5 nitrogen and oxygen atoms in total. The van der Waals surface area contributed by atoms with Crippen molar-refractivity contribution >= 4 is 23.3 Å². The van der Waals surface area contributed by atoms with Crippen molar-refractivity contribution in [1.29, 1.82) is 0 Å². The molecule has 0 aliphatic heterocycles. The Morgan fingerprint density at radius 3 is 2.89 bits per heavy atom. The van der Waals surface area contributed by atoms with Crippen LogP contribution in [0.15, 0.2) is 22.8 Å². The van der Waals surface area contributed by atoms with Gasteiger partial charge in [-0.15, -0.1) is 0 Å². The first-order valence-corrected chi connectivity index (χ1v) is 6.74. The van der Waals surface area contributed by atoms with Gasteiger partial charge in [-0.1, -0.05) is 6.42 Å². The predicted octanol–water partition coefficient (Wildman–Crippen LogP) is 1.98. The van der Waals surface area contributed by atoms with Crippen LogP contribution in [0.1, 0.15) is 31.4 Å². The minimum atomic E-state index is -0.149. The summed E-state index contributed by atoms with van der Waals surface area (Å²) in [6.45, 7) is 1.38. The van der Waals surface area contributed by atoms with Crippen molar-refractivity contribution in [3.63, 3.8) is 0 Å². The topological polar surface area (TPSA) is 63.5 Å². The molecule has 6 heteroatoms. The average Bonchev–Trinajstić information content (AvgIpc) is 2.93. The van der Waals surface area contributed by atoms with Crippen LogP contribution >= 0.6 is 12.2 Å². The third kappa shape index (κ3) is 7.46. The second-order valence-electron chi connectivity index (χ2n) is 4.08. The molecule has 0 aromatic carbocycles. The second-order valence-corrected chi connectivity index (χ2v) is 4.48. The molecule has 1 aromatic heterocycles. The van der Waals surface area contributed by atoms with Crippen LogP contribution in [0.5, 0.6) is 0 Å². The molecule has 2 N–H and O–H groups in total. The van der Waals surface area contributed by atoms with E-state index in [4.69, 9.17) is 16.6 Å². The highest BCUT2D eigenvalue weighted by Gasteiger charge is 2.00. The molecule has 1 heterocycles. The number of nitrogens with one attached hydrogen (secondary N) is 2. The monoisotopic (exact) mass is 284 g/mol. The fourth-order valence-electron chi connectivity index (χ4n) is 1.52. The molecule has 0 unspecified atom stereocenters. The predicted molar refractivity (Wildman–Crippen MR) is 76.6 cm³/mol. The Morgan fingerprint density at radius 2 is 2.21 bits per heavy atom. The minimum absolute atomic E-state index is 0.149. The van der Waals surface area contributed by atoms with Crippen molar-refractivity contribution in [2.75, 3.05) is 13.7 Å². The molecular formula is C13H20N2O3S. The summed E-state index contributed by atoms with van der Waals surface area (Å²) >= 11 is 5.13. The molecule has 106 valence electrons. The molecule has 0 saturated heterocycles. The fraction of sp³-hybridized carbons (Fsp3) is 0.538. The maximum absolute atomic E-state index is 10.9. The van der Waals surface area contributed by atoms with Crippen LogP contribution in [0.3, 0.4) is 0 Å². The van der Waals surface area contributed by atoms with Crippen molar-refractivity contribution in [2.24, 2.45) is 0 Å². The number of carbonyl (C=O) groups is 1. The van der Waals surface area contributed by atoms with Crippen LogP contribution in [-0.2, 0) is 16.1 Å². The fourth-order valence-corrected chi connectivity index (χ4v) is 1.69. The normalized spacial score (nSPS) is 9.95. The summed E-state index contributed by atoms with van der Waals surface area (Å²) in [4.78, 5) is 10.9. The van der Waals surface area contributed by atoms with Crippen LogP contribution in [0.25, 0.3) is 0 Å². The van der Waals surface area contributed by atoms with E-state index in [0.29, 0.717) is 18.1 Å². The number of hydrogen-bond acceptors (Lipinski definition) is 4. The van der Waals surface area contributed by atoms with Crippen molar-refractivity contribution in [3.05, 3.63) is 24.2 Å². The highest BCUT2D eigenvalue weighted by Crippen LogP contribution is 2.00. The lowest BCUT2D eigenvalue weighted by Gasteiger charge is -2.09. The van der Waals surface area contributed by atoms with E-state index in [-0.39, 0.29) is 5.97 Å². The lowest BCUT2D eigenvalue weighted by molar-refractivity contribution is -0.140. The van der Waals surface area contributed by atoms with E-state index in [1.165, 1.54) is 7.11 Å². The number of rotatable bonds is 8. The molecule has 0 radical (unpaired) electrons. The van der Waals surface area contributed by atoms with E-state index in [1.807, 2.05) is 12.1 Å². The van der Waals surface area contributed by atoms with E-state index in [2.05, 4.69) is 15.4 Å². The van der Waals surface area contributed by atoms with E-state index >= 15 is 0 Å². The Labute approximate surface area is 118 Å². The van der Waals surface area contributed by atoms with Crippen LogP contribution in [0.4, 0.5) is 0 Å². The summed E-state index contributed by atoms with van der Waals surface area (Å²) in [5, 5.41) is 6.78. The van der Waals surface area contributed by atoms with Crippen LogP contribution < -0.4 is 10.6 Å². The molecule has 0 saturated carbocycles. The number of ether oxygens (including phenoxy) is 1. The van der Waals surface area contributed by atoms with Gasteiger partial charge in [0.1, 0.15) is 5.76 Å². The van der Waals surface area contributed by atoms with Gasteiger partial charge < -0.3 is 19.8 Å². The zero-order valence-corrected chi connectivity index (χ0v) is 11.9. The van der Waals surface area contributed by atoms with Gasteiger partial charge >= 0.3 is 5.97 Å². The summed E-state index contributed by atoms with van der Waals surface area (Å²) < 4.78 is 9.75. The molecule has 0 amide bonds. The molecular weight excluding hydrogens is 264 g/mol. The van der Waals surface area contributed by atoms with Crippen molar-refractivity contribution in [3.8, 4) is 0 Å². The number of carbonyl (C=O) groups excluding carboxylic acids is 1. The van der Waals surface area contributed by atoms with Gasteiger partial charge in [-0.3, -0.25) is 4.79 Å². The Kier molecular flexibility index (Phi) is 7.65. The van der Waals surface area contributed by atoms with Gasteiger partial charge in [-0.25, -0.2) is 0 Å². The van der Waals surface area contributed by atoms with Gasteiger partial charge in [-0.2, -0.15) is 0 Å². The highest BCUT2D eigenvalue weighted by atomic mass is 32.1. The second kappa shape index (κ2) is 9.38. The maximum atomic E-state index is 10.9. The average molecular weight is 284 g/mol. The van der Waals surface area contributed by atoms with Crippen molar-refractivity contribution in [1.82, 2.24) is 10.6 Å². The number of thiocarbonyl (C=S) groups is 1. The first-order chi connectivity index (χ1) is 9.22. The number of furan rings is 1. The van der Waals surface area contributed by atoms with Crippen LogP contribution in [0.2, 0.25) is 0 Å². The molecule has 0 spiro atoms. The Bertz CT molecular complexity index is 379. The van der Waals surface area contributed by atoms with Crippen molar-refractivity contribution in [2.45, 2.75) is 32.2 Å². The largest absolute Gasteiger partial charge is 0.469 e. The van der Waals surface area contributed by atoms with Gasteiger partial charge in [0, 0.05) is 13.0 Å². The van der Waals surface area contributed by atoms with E-state index < -0.39 is 0 Å². The lowest BCUT2D eigenvalue weighted by Crippen LogP contribution is -2.35. The number of methoxy groups -OCH3 is 1. The van der Waals surface area contributed by atoms with Crippen molar-refractivity contribution < 1.29 is 13.9 Å². The Balaban J connectivity index is 1.94. The number of unbranched alkanes of at least 4 members (excludes halogenated alkanes) is 2. The molecule has 0 bridgehead atoms. The smallest absolute Gasteiger partial charge is 0.305 e. The molecule has 1 aromatic rings. The number of hydrogen-bond donors (Lipinski definition) is 2. The molecule has 0 atom stereocenters. The SMILES string of the molecule is COC(=O)CCCCCNC(=S)NCc1ccco1.